The first-order chi connectivity index (χ1) is 6.45. The van der Waals surface area contributed by atoms with Crippen molar-refractivity contribution in [2.45, 2.75) is 18.9 Å². The number of benzene rings is 1. The fourth-order valence-electron chi connectivity index (χ4n) is 1.59. The Labute approximate surface area is 79.0 Å². The summed E-state index contributed by atoms with van der Waals surface area (Å²) >= 11 is 0. The average molecular weight is 174 g/mol. The van der Waals surface area contributed by atoms with Crippen molar-refractivity contribution in [1.29, 1.82) is 0 Å². The fourth-order valence-corrected chi connectivity index (χ4v) is 1.59. The van der Waals surface area contributed by atoms with Gasteiger partial charge in [0.15, 0.2) is 0 Å². The highest BCUT2D eigenvalue weighted by molar-refractivity contribution is 5.16. The molecule has 0 radical (unpaired) electrons. The van der Waals surface area contributed by atoms with Gasteiger partial charge in [-0.25, -0.2) is 0 Å². The molecule has 1 aromatic carbocycles. The van der Waals surface area contributed by atoms with Gasteiger partial charge in [-0.3, -0.25) is 0 Å². The van der Waals surface area contributed by atoms with E-state index in [1.807, 2.05) is 6.07 Å². The van der Waals surface area contributed by atoms with Gasteiger partial charge in [-0.05, 0) is 18.4 Å². The standard InChI is InChI=1S/C12H14O/c1-2-6-11(7-3-1)10-12-8-4-5-9-13-12/h1-7,12H,8-10H2/t12-/m0/s1. The zero-order valence-electron chi connectivity index (χ0n) is 7.65. The van der Waals surface area contributed by atoms with Crippen molar-refractivity contribution in [3.05, 3.63) is 48.0 Å². The van der Waals surface area contributed by atoms with E-state index in [2.05, 4.69) is 36.4 Å². The summed E-state index contributed by atoms with van der Waals surface area (Å²) in [6.07, 6.45) is 6.76. The second-order valence-electron chi connectivity index (χ2n) is 3.35. The lowest BCUT2D eigenvalue weighted by atomic mass is 10.0. The number of rotatable bonds is 2. The predicted octanol–water partition coefficient (Wildman–Crippen LogP) is 2.57. The van der Waals surface area contributed by atoms with Crippen LogP contribution in [-0.4, -0.2) is 12.7 Å². The third kappa shape index (κ3) is 2.43. The Kier molecular flexibility index (Phi) is 2.78. The van der Waals surface area contributed by atoms with Crippen molar-refractivity contribution in [3.63, 3.8) is 0 Å². The Morgan fingerprint density at radius 2 is 2.00 bits per heavy atom. The van der Waals surface area contributed by atoms with E-state index in [1.54, 1.807) is 0 Å². The van der Waals surface area contributed by atoms with Crippen LogP contribution in [0, 0.1) is 0 Å². The maximum atomic E-state index is 5.60. The van der Waals surface area contributed by atoms with Crippen LogP contribution >= 0.6 is 0 Å². The molecule has 0 saturated heterocycles. The van der Waals surface area contributed by atoms with Gasteiger partial charge in [0, 0.05) is 0 Å². The smallest absolute Gasteiger partial charge is 0.0654 e. The lowest BCUT2D eigenvalue weighted by molar-refractivity contribution is 0.0684. The Hall–Kier alpha value is -1.08. The second kappa shape index (κ2) is 4.24. The van der Waals surface area contributed by atoms with E-state index in [1.165, 1.54) is 5.56 Å². The van der Waals surface area contributed by atoms with Crippen molar-refractivity contribution < 1.29 is 4.74 Å². The molecule has 1 heteroatoms. The van der Waals surface area contributed by atoms with E-state index in [-0.39, 0.29) is 0 Å². The first kappa shape index (κ1) is 8.52. The Morgan fingerprint density at radius 3 is 2.69 bits per heavy atom. The third-order valence-electron chi connectivity index (χ3n) is 2.30. The van der Waals surface area contributed by atoms with Crippen LogP contribution in [0.1, 0.15) is 12.0 Å². The first-order valence-corrected chi connectivity index (χ1v) is 4.75. The van der Waals surface area contributed by atoms with E-state index in [9.17, 15) is 0 Å². The summed E-state index contributed by atoms with van der Waals surface area (Å²) in [6, 6.07) is 10.5. The van der Waals surface area contributed by atoms with Gasteiger partial charge in [0.05, 0.1) is 12.7 Å². The molecule has 0 unspecified atom stereocenters. The minimum Gasteiger partial charge on any atom is -0.374 e. The second-order valence-corrected chi connectivity index (χ2v) is 3.35. The molecule has 0 bridgehead atoms. The van der Waals surface area contributed by atoms with Crippen molar-refractivity contribution >= 4 is 0 Å². The molecule has 0 fully saturated rings. The quantitative estimate of drug-likeness (QED) is 0.626. The highest BCUT2D eigenvalue weighted by Crippen LogP contribution is 2.12. The van der Waals surface area contributed by atoms with E-state index in [0.29, 0.717) is 6.10 Å². The molecule has 68 valence electrons. The normalized spacial score (nSPS) is 21.7. The van der Waals surface area contributed by atoms with Crippen molar-refractivity contribution in [1.82, 2.24) is 0 Å². The van der Waals surface area contributed by atoms with Crippen LogP contribution in [0.2, 0.25) is 0 Å². The van der Waals surface area contributed by atoms with Crippen molar-refractivity contribution in [2.24, 2.45) is 0 Å². The number of ether oxygens (including phenoxy) is 1. The van der Waals surface area contributed by atoms with Crippen LogP contribution in [0.3, 0.4) is 0 Å². The molecule has 0 N–H and O–H groups in total. The Balaban J connectivity index is 1.94. The summed E-state index contributed by atoms with van der Waals surface area (Å²) in [7, 11) is 0. The SMILES string of the molecule is C1=CC[C@@H](Cc2ccccc2)OC1. The average Bonchev–Trinajstić information content (AvgIpc) is 2.21. The molecule has 0 aliphatic carbocycles. The molecule has 0 amide bonds. The van der Waals surface area contributed by atoms with Gasteiger partial charge in [0.25, 0.3) is 0 Å². The van der Waals surface area contributed by atoms with E-state index >= 15 is 0 Å². The van der Waals surface area contributed by atoms with Gasteiger partial charge < -0.3 is 4.74 Å². The van der Waals surface area contributed by atoms with Gasteiger partial charge in [-0.1, -0.05) is 42.5 Å². The topological polar surface area (TPSA) is 9.23 Å². The largest absolute Gasteiger partial charge is 0.374 e. The molecule has 13 heavy (non-hydrogen) atoms. The summed E-state index contributed by atoms with van der Waals surface area (Å²) in [5, 5.41) is 0. The maximum absolute atomic E-state index is 5.60. The summed E-state index contributed by atoms with van der Waals surface area (Å²) in [6.45, 7) is 0.775. The Morgan fingerprint density at radius 1 is 1.15 bits per heavy atom. The van der Waals surface area contributed by atoms with Crippen molar-refractivity contribution in [3.8, 4) is 0 Å². The summed E-state index contributed by atoms with van der Waals surface area (Å²) < 4.78 is 5.60. The summed E-state index contributed by atoms with van der Waals surface area (Å²) in [5.74, 6) is 0. The molecule has 1 atom stereocenters. The highest BCUT2D eigenvalue weighted by Gasteiger charge is 2.09. The summed E-state index contributed by atoms with van der Waals surface area (Å²) in [5.41, 5.74) is 1.36. The van der Waals surface area contributed by atoms with Crippen LogP contribution in [0.5, 0.6) is 0 Å². The highest BCUT2D eigenvalue weighted by atomic mass is 16.5. The summed E-state index contributed by atoms with van der Waals surface area (Å²) in [4.78, 5) is 0. The lowest BCUT2D eigenvalue weighted by Crippen LogP contribution is -2.18. The molecule has 1 aliphatic rings. The van der Waals surface area contributed by atoms with E-state index < -0.39 is 0 Å². The molecule has 0 aromatic heterocycles. The zero-order valence-corrected chi connectivity index (χ0v) is 7.65. The fraction of sp³-hybridized carbons (Fsp3) is 0.333. The third-order valence-corrected chi connectivity index (χ3v) is 2.30. The minimum atomic E-state index is 0.382. The molecule has 1 nitrogen and oxygen atoms in total. The van der Waals surface area contributed by atoms with E-state index in [4.69, 9.17) is 4.74 Å². The van der Waals surface area contributed by atoms with Gasteiger partial charge in [0.2, 0.25) is 0 Å². The van der Waals surface area contributed by atoms with Crippen LogP contribution in [0.15, 0.2) is 42.5 Å². The molecule has 0 saturated carbocycles. The van der Waals surface area contributed by atoms with Crippen molar-refractivity contribution in [2.75, 3.05) is 6.61 Å². The molecular formula is C12H14O. The first-order valence-electron chi connectivity index (χ1n) is 4.75. The zero-order chi connectivity index (χ0) is 8.93. The molecule has 1 aliphatic heterocycles. The Bertz CT molecular complexity index is 276. The van der Waals surface area contributed by atoms with Crippen LogP contribution in [-0.2, 0) is 11.2 Å². The number of hydrogen-bond acceptors (Lipinski definition) is 1. The number of hydrogen-bond donors (Lipinski definition) is 0. The molecule has 1 heterocycles. The molecule has 2 rings (SSSR count). The van der Waals surface area contributed by atoms with Gasteiger partial charge >= 0.3 is 0 Å². The lowest BCUT2D eigenvalue weighted by Gasteiger charge is -2.18. The van der Waals surface area contributed by atoms with Crippen LogP contribution < -0.4 is 0 Å². The van der Waals surface area contributed by atoms with Crippen LogP contribution in [0.4, 0.5) is 0 Å². The molecular weight excluding hydrogens is 160 g/mol. The van der Waals surface area contributed by atoms with E-state index in [0.717, 1.165) is 19.4 Å². The van der Waals surface area contributed by atoms with Gasteiger partial charge in [-0.2, -0.15) is 0 Å². The molecule has 0 spiro atoms. The molecule has 1 aromatic rings. The van der Waals surface area contributed by atoms with Gasteiger partial charge in [-0.15, -0.1) is 0 Å². The predicted molar refractivity (Wildman–Crippen MR) is 53.6 cm³/mol. The monoisotopic (exact) mass is 174 g/mol. The maximum Gasteiger partial charge on any atom is 0.0654 e. The van der Waals surface area contributed by atoms with Crippen LogP contribution in [0.25, 0.3) is 0 Å². The van der Waals surface area contributed by atoms with Gasteiger partial charge in [0.1, 0.15) is 0 Å². The minimum absolute atomic E-state index is 0.382.